The summed E-state index contributed by atoms with van der Waals surface area (Å²) in [5.74, 6) is 0. The SMILES string of the molecule is Cc1c[nH][c]([Zr+3])c1C.[Cl-].[Cl-].[Cl-]. The molecule has 1 heterocycles. The summed E-state index contributed by atoms with van der Waals surface area (Å²) in [6.45, 7) is 4.27. The van der Waals surface area contributed by atoms with Crippen molar-refractivity contribution >= 4 is 3.40 Å². The van der Waals surface area contributed by atoms with Gasteiger partial charge in [0.05, 0.1) is 0 Å². The van der Waals surface area contributed by atoms with E-state index in [9.17, 15) is 0 Å². The molecule has 1 rings (SSSR count). The molecular weight excluding hydrogens is 284 g/mol. The van der Waals surface area contributed by atoms with E-state index in [0.29, 0.717) is 0 Å². The van der Waals surface area contributed by atoms with Gasteiger partial charge >= 0.3 is 64.3 Å². The first-order valence-electron chi connectivity index (χ1n) is 2.58. The second-order valence-electron chi connectivity index (χ2n) is 1.97. The van der Waals surface area contributed by atoms with Gasteiger partial charge in [-0.1, -0.05) is 0 Å². The minimum atomic E-state index is 0. The van der Waals surface area contributed by atoms with Crippen LogP contribution >= 0.6 is 0 Å². The Morgan fingerprint density at radius 2 is 1.64 bits per heavy atom. The summed E-state index contributed by atoms with van der Waals surface area (Å²) in [7, 11) is 0. The van der Waals surface area contributed by atoms with E-state index in [2.05, 4.69) is 25.0 Å². The Morgan fingerprint density at radius 3 is 1.73 bits per heavy atom. The number of rotatable bonds is 0. The van der Waals surface area contributed by atoms with Crippen LogP contribution in [0, 0.1) is 13.8 Å². The molecule has 0 aliphatic carbocycles. The maximum absolute atomic E-state index is 3.18. The summed E-state index contributed by atoms with van der Waals surface area (Å²) in [4.78, 5) is 3.18. The molecule has 11 heavy (non-hydrogen) atoms. The first kappa shape index (κ1) is 18.0. The zero-order valence-electron chi connectivity index (χ0n) is 6.21. The van der Waals surface area contributed by atoms with E-state index in [-0.39, 0.29) is 37.2 Å². The summed E-state index contributed by atoms with van der Waals surface area (Å²) in [6.07, 6.45) is 2.05. The van der Waals surface area contributed by atoms with Gasteiger partial charge in [0, 0.05) is 0 Å². The number of H-pyrrole nitrogens is 1. The molecule has 0 unspecified atom stereocenters. The molecule has 0 fully saturated rings. The molecular formula is C6H8Cl3NZr. The molecule has 0 aliphatic rings. The van der Waals surface area contributed by atoms with Gasteiger partial charge in [0.25, 0.3) is 0 Å². The molecule has 0 bridgehead atoms. The fraction of sp³-hybridized carbons (Fsp3) is 0.333. The predicted molar refractivity (Wildman–Crippen MR) is 29.9 cm³/mol. The molecule has 1 N–H and O–H groups in total. The van der Waals surface area contributed by atoms with Gasteiger partial charge in [0.15, 0.2) is 0 Å². The average molecular weight is 292 g/mol. The second kappa shape index (κ2) is 7.67. The minimum absolute atomic E-state index is 0. The van der Waals surface area contributed by atoms with Crippen LogP contribution in [0.5, 0.6) is 0 Å². The average Bonchev–Trinajstić information content (AvgIpc) is 1.98. The molecule has 5 heteroatoms. The molecule has 0 atom stereocenters. The Balaban J connectivity index is -0.000000213. The normalized spacial score (nSPS) is 7.27. The van der Waals surface area contributed by atoms with Crippen molar-refractivity contribution in [2.45, 2.75) is 13.8 Å². The van der Waals surface area contributed by atoms with Gasteiger partial charge in [-0.05, 0) is 0 Å². The van der Waals surface area contributed by atoms with Gasteiger partial charge in [0.1, 0.15) is 0 Å². The largest absolute Gasteiger partial charge is 1.00 e. The fourth-order valence-corrected chi connectivity index (χ4v) is 1.26. The zero-order valence-corrected chi connectivity index (χ0v) is 10.9. The predicted octanol–water partition coefficient (Wildman–Crippen LogP) is -8.18. The van der Waals surface area contributed by atoms with E-state index < -0.39 is 0 Å². The Bertz CT molecular complexity index is 180. The topological polar surface area (TPSA) is 15.8 Å². The number of hydrogen-bond donors (Lipinski definition) is 1. The third-order valence-electron chi connectivity index (χ3n) is 1.40. The standard InChI is InChI=1S/C6H8N.3ClH.Zr/c1-5-3-7-4-6(5)2;;;;/h3,7H,1-2H3;3*1H;/q;;;;+3/p-3. The van der Waals surface area contributed by atoms with Crippen LogP contribution in [0.15, 0.2) is 6.20 Å². The third kappa shape index (κ3) is 4.57. The molecule has 0 amide bonds. The maximum Gasteiger partial charge on any atom is -1.00 e. The molecule has 1 aromatic rings. The van der Waals surface area contributed by atoms with Crippen molar-refractivity contribution in [3.63, 3.8) is 0 Å². The van der Waals surface area contributed by atoms with Crippen LogP contribution in [0.2, 0.25) is 0 Å². The Kier molecular flexibility index (Phi) is 12.5. The summed E-state index contributed by atoms with van der Waals surface area (Å²) >= 11 is 1.47. The van der Waals surface area contributed by atoms with Gasteiger partial charge in [0.2, 0.25) is 0 Å². The zero-order chi connectivity index (χ0) is 6.15. The van der Waals surface area contributed by atoms with E-state index in [4.69, 9.17) is 0 Å². The Morgan fingerprint density at radius 1 is 1.18 bits per heavy atom. The van der Waals surface area contributed by atoms with Crippen LogP contribution in [0.3, 0.4) is 0 Å². The third-order valence-corrected chi connectivity index (χ3v) is 2.68. The van der Waals surface area contributed by atoms with Crippen LogP contribution in [0.25, 0.3) is 0 Å². The number of aryl methyl sites for hydroxylation is 1. The fourth-order valence-electron chi connectivity index (χ4n) is 0.594. The first-order valence-corrected chi connectivity index (χ1v) is 3.81. The monoisotopic (exact) mass is 289 g/mol. The van der Waals surface area contributed by atoms with Crippen molar-refractivity contribution in [2.24, 2.45) is 0 Å². The Hall–Kier alpha value is 1.03. The van der Waals surface area contributed by atoms with Crippen molar-refractivity contribution in [2.75, 3.05) is 0 Å². The molecule has 0 saturated carbocycles. The minimum Gasteiger partial charge on any atom is -1.00 e. The van der Waals surface area contributed by atoms with Crippen molar-refractivity contribution < 1.29 is 61.9 Å². The van der Waals surface area contributed by atoms with Crippen molar-refractivity contribution in [3.8, 4) is 0 Å². The second-order valence-corrected chi connectivity index (χ2v) is 3.20. The van der Waals surface area contributed by atoms with Gasteiger partial charge < -0.3 is 37.2 Å². The Labute approximate surface area is 101 Å². The van der Waals surface area contributed by atoms with Crippen molar-refractivity contribution in [1.29, 1.82) is 0 Å². The molecule has 1 aromatic heterocycles. The number of hydrogen-bond acceptors (Lipinski definition) is 0. The molecule has 0 aliphatic heterocycles. The smallest absolute Gasteiger partial charge is 1.00 e. The number of halogens is 3. The summed E-state index contributed by atoms with van der Waals surface area (Å²) in [6, 6.07) is 0. The van der Waals surface area contributed by atoms with E-state index >= 15 is 0 Å². The molecule has 1 nitrogen and oxygen atoms in total. The van der Waals surface area contributed by atoms with Crippen LogP contribution in [0.4, 0.5) is 0 Å². The van der Waals surface area contributed by atoms with Gasteiger partial charge in [-0.2, -0.15) is 0 Å². The van der Waals surface area contributed by atoms with Gasteiger partial charge in [-0.25, -0.2) is 0 Å². The van der Waals surface area contributed by atoms with Crippen LogP contribution in [-0.4, -0.2) is 4.98 Å². The molecule has 62 valence electrons. The quantitative estimate of drug-likeness (QED) is 0.489. The van der Waals surface area contributed by atoms with Crippen LogP contribution < -0.4 is 40.6 Å². The maximum atomic E-state index is 3.18. The van der Waals surface area contributed by atoms with Crippen LogP contribution in [0.1, 0.15) is 11.1 Å². The van der Waals surface area contributed by atoms with Crippen LogP contribution in [-0.2, 0) is 24.7 Å². The van der Waals surface area contributed by atoms with Gasteiger partial charge in [-0.3, -0.25) is 0 Å². The molecule has 0 aromatic carbocycles. The summed E-state index contributed by atoms with van der Waals surface area (Å²) in [5.41, 5.74) is 2.79. The summed E-state index contributed by atoms with van der Waals surface area (Å²) < 4.78 is 1.37. The van der Waals surface area contributed by atoms with Crippen molar-refractivity contribution in [1.82, 2.24) is 4.98 Å². The molecule has 0 spiro atoms. The van der Waals surface area contributed by atoms with Crippen molar-refractivity contribution in [3.05, 3.63) is 17.3 Å². The molecule has 0 radical (unpaired) electrons. The van der Waals surface area contributed by atoms with E-state index in [1.807, 2.05) is 0 Å². The van der Waals surface area contributed by atoms with E-state index in [1.54, 1.807) is 0 Å². The molecule has 0 saturated heterocycles. The summed E-state index contributed by atoms with van der Waals surface area (Å²) in [5, 5.41) is 0. The number of nitrogens with one attached hydrogen (secondary N) is 1. The number of aromatic nitrogens is 1. The van der Waals surface area contributed by atoms with E-state index in [0.717, 1.165) is 0 Å². The van der Waals surface area contributed by atoms with E-state index in [1.165, 1.54) is 39.2 Å². The number of aromatic amines is 1. The van der Waals surface area contributed by atoms with Gasteiger partial charge in [-0.15, -0.1) is 0 Å². The first-order chi connectivity index (χ1) is 3.72.